The minimum Gasteiger partial charge on any atom is -0.461 e. The van der Waals surface area contributed by atoms with Gasteiger partial charge in [0.05, 0.1) is 17.6 Å². The van der Waals surface area contributed by atoms with E-state index < -0.39 is 29.7 Å². The summed E-state index contributed by atoms with van der Waals surface area (Å²) in [4.78, 5) is 16.4. The third kappa shape index (κ3) is 11.4. The second-order valence-electron chi connectivity index (χ2n) is 6.39. The molecule has 0 aliphatic carbocycles. The van der Waals surface area contributed by atoms with Crippen LogP contribution in [0.1, 0.15) is 36.1 Å². The number of hydrogen-bond donors (Lipinski definition) is 1. The van der Waals surface area contributed by atoms with E-state index in [2.05, 4.69) is 24.4 Å². The summed E-state index contributed by atoms with van der Waals surface area (Å²) in [5.41, 5.74) is -0.126. The molecule has 0 saturated heterocycles. The monoisotopic (exact) mass is 481 g/mol. The van der Waals surface area contributed by atoms with Gasteiger partial charge in [0.1, 0.15) is 6.61 Å². The number of aliphatic hydroxyl groups excluding tert-OH is 1. The predicted octanol–water partition coefficient (Wildman–Crippen LogP) is 6.12. The third-order valence-corrected chi connectivity index (χ3v) is 4.30. The van der Waals surface area contributed by atoms with E-state index in [4.69, 9.17) is 16.3 Å². The van der Waals surface area contributed by atoms with Crippen LogP contribution in [0, 0.1) is 18.8 Å². The van der Waals surface area contributed by atoms with Crippen molar-refractivity contribution in [2.75, 3.05) is 5.88 Å². The van der Waals surface area contributed by atoms with Crippen LogP contribution < -0.4 is 0 Å². The summed E-state index contributed by atoms with van der Waals surface area (Å²) in [7, 11) is 0. The lowest BCUT2D eigenvalue weighted by Crippen LogP contribution is -2.24. The molecule has 8 heteroatoms. The van der Waals surface area contributed by atoms with Gasteiger partial charge in [0.2, 0.25) is 0 Å². The molecule has 0 amide bonds. The van der Waals surface area contributed by atoms with E-state index in [1.807, 2.05) is 0 Å². The van der Waals surface area contributed by atoms with Gasteiger partial charge in [0.15, 0.2) is 0 Å². The number of hydrogen-bond acceptors (Lipinski definition) is 4. The van der Waals surface area contributed by atoms with Gasteiger partial charge in [-0.3, -0.25) is 9.78 Å². The van der Waals surface area contributed by atoms with Crippen LogP contribution in [0.25, 0.3) is 0 Å². The summed E-state index contributed by atoms with van der Waals surface area (Å²) in [6.07, 6.45) is 10.7. The molecule has 2 atom stereocenters. The fourth-order valence-corrected chi connectivity index (χ4v) is 2.52. The van der Waals surface area contributed by atoms with Crippen LogP contribution in [0.15, 0.2) is 73.6 Å². The molecule has 1 aromatic carbocycles. The molecular formula is C25H27ClF3NO3. The zero-order valence-electron chi connectivity index (χ0n) is 18.2. The van der Waals surface area contributed by atoms with Crippen LogP contribution in [0.3, 0.4) is 0 Å². The molecule has 0 radical (unpaired) electrons. The average Bonchev–Trinajstić information content (AvgIpc) is 2.84. The summed E-state index contributed by atoms with van der Waals surface area (Å²) < 4.78 is 43.5. The number of benzene rings is 1. The third-order valence-electron chi connectivity index (χ3n) is 4.08. The molecule has 2 aromatic rings. The molecule has 0 aliphatic heterocycles. The maximum Gasteiger partial charge on any atom is 0.416 e. The lowest BCUT2D eigenvalue weighted by Gasteiger charge is -2.20. The number of carbonyl (C=O) groups excluding carboxylic acids is 1. The van der Waals surface area contributed by atoms with E-state index >= 15 is 0 Å². The highest BCUT2D eigenvalue weighted by atomic mass is 35.5. The lowest BCUT2D eigenvalue weighted by molar-refractivity contribution is -0.154. The van der Waals surface area contributed by atoms with Crippen LogP contribution >= 0.6 is 11.6 Å². The number of aromatic nitrogens is 1. The Hall–Kier alpha value is -3.08. The molecular weight excluding hydrogens is 455 g/mol. The van der Waals surface area contributed by atoms with Crippen molar-refractivity contribution in [2.24, 2.45) is 5.92 Å². The topological polar surface area (TPSA) is 59.4 Å². The largest absolute Gasteiger partial charge is 0.461 e. The van der Waals surface area contributed by atoms with Gasteiger partial charge in [-0.25, -0.2) is 0 Å². The van der Waals surface area contributed by atoms with E-state index in [1.165, 1.54) is 18.3 Å². The zero-order chi connectivity index (χ0) is 25.3. The van der Waals surface area contributed by atoms with Crippen molar-refractivity contribution in [2.45, 2.75) is 32.2 Å². The normalized spacial score (nSPS) is 12.4. The maximum atomic E-state index is 12.8. The van der Waals surface area contributed by atoms with Crippen LogP contribution in [0.2, 0.25) is 0 Å². The van der Waals surface area contributed by atoms with Crippen LogP contribution in [-0.2, 0) is 22.3 Å². The van der Waals surface area contributed by atoms with Crippen molar-refractivity contribution in [3.8, 4) is 12.8 Å². The fraction of sp³-hybridized carbons (Fsp3) is 0.280. The van der Waals surface area contributed by atoms with Crippen LogP contribution in [0.5, 0.6) is 0 Å². The molecule has 1 N–H and O–H groups in total. The number of nitrogens with zero attached hydrogens (tertiary/aromatic N) is 1. The van der Waals surface area contributed by atoms with Crippen molar-refractivity contribution in [3.63, 3.8) is 0 Å². The molecule has 4 nitrogen and oxygen atoms in total. The first-order valence-electron chi connectivity index (χ1n) is 9.76. The van der Waals surface area contributed by atoms with Gasteiger partial charge in [-0.15, -0.1) is 31.0 Å². The Bertz CT molecular complexity index is 883. The van der Waals surface area contributed by atoms with Crippen LogP contribution in [0.4, 0.5) is 13.2 Å². The Morgan fingerprint density at radius 3 is 2.48 bits per heavy atom. The highest BCUT2D eigenvalue weighted by Crippen LogP contribution is 2.30. The van der Waals surface area contributed by atoms with Gasteiger partial charge in [-0.1, -0.05) is 36.4 Å². The fourth-order valence-electron chi connectivity index (χ4n) is 2.52. The van der Waals surface area contributed by atoms with Crippen molar-refractivity contribution in [1.82, 2.24) is 4.98 Å². The van der Waals surface area contributed by atoms with Crippen molar-refractivity contribution < 1.29 is 27.8 Å². The Labute approximate surface area is 197 Å². The molecule has 2 rings (SSSR count). The highest BCUT2D eigenvalue weighted by molar-refractivity contribution is 6.18. The molecule has 0 spiro atoms. The summed E-state index contributed by atoms with van der Waals surface area (Å²) >= 11 is 5.07. The molecule has 1 heterocycles. The number of halogens is 4. The van der Waals surface area contributed by atoms with E-state index in [1.54, 1.807) is 43.5 Å². The van der Waals surface area contributed by atoms with Gasteiger partial charge in [-0.2, -0.15) is 13.2 Å². The lowest BCUT2D eigenvalue weighted by atomic mass is 9.93. The first-order valence-corrected chi connectivity index (χ1v) is 10.3. The number of rotatable bonds is 8. The van der Waals surface area contributed by atoms with Crippen molar-refractivity contribution in [1.29, 1.82) is 0 Å². The van der Waals surface area contributed by atoms with Gasteiger partial charge < -0.3 is 9.84 Å². The molecule has 0 saturated carbocycles. The Kier molecular flexibility index (Phi) is 15.0. The van der Waals surface area contributed by atoms with E-state index in [0.29, 0.717) is 11.4 Å². The predicted molar refractivity (Wildman–Crippen MR) is 124 cm³/mol. The first kappa shape index (κ1) is 29.9. The second kappa shape index (κ2) is 16.5. The highest BCUT2D eigenvalue weighted by Gasteiger charge is 2.31. The van der Waals surface area contributed by atoms with Gasteiger partial charge in [0, 0.05) is 18.3 Å². The Morgan fingerprint density at radius 2 is 1.97 bits per heavy atom. The second-order valence-corrected chi connectivity index (χ2v) is 6.70. The average molecular weight is 482 g/mol. The number of aliphatic hydroxyl groups is 1. The van der Waals surface area contributed by atoms with E-state index in [0.717, 1.165) is 12.1 Å². The standard InChI is InChI=1S/C20H20F3NO3.C3H5Cl.C2H2/c1-2-3-9-17(18(25)15-7-5-10-24-12-15)19(26)27-13-14-6-4-8-16(11-14)20(21,22)23;1-2-3-4;1-2/h2-8,10-12,17-18,25H,9,13H2,1H3;2H,1,3H2;1-2H/b3-2-;;. The number of allylic oxidation sites excluding steroid dienone is 3. The molecule has 1 aromatic heterocycles. The van der Waals surface area contributed by atoms with Crippen LogP contribution in [-0.4, -0.2) is 21.9 Å². The molecule has 0 fully saturated rings. The molecule has 33 heavy (non-hydrogen) atoms. The number of alkyl halides is 4. The molecule has 0 bridgehead atoms. The number of terminal acetylenes is 1. The number of carbonyl (C=O) groups is 1. The van der Waals surface area contributed by atoms with Crippen molar-refractivity contribution in [3.05, 3.63) is 90.3 Å². The van der Waals surface area contributed by atoms with Crippen molar-refractivity contribution >= 4 is 17.6 Å². The summed E-state index contributed by atoms with van der Waals surface area (Å²) in [6, 6.07) is 7.87. The molecule has 178 valence electrons. The smallest absolute Gasteiger partial charge is 0.416 e. The quantitative estimate of drug-likeness (QED) is 0.213. The van der Waals surface area contributed by atoms with E-state index in [9.17, 15) is 23.1 Å². The number of esters is 1. The first-order chi connectivity index (χ1) is 15.7. The van der Waals surface area contributed by atoms with Gasteiger partial charge in [0.25, 0.3) is 0 Å². The Balaban J connectivity index is 0.00000154. The minimum atomic E-state index is -4.47. The zero-order valence-corrected chi connectivity index (χ0v) is 19.0. The molecule has 2 unspecified atom stereocenters. The Morgan fingerprint density at radius 1 is 1.30 bits per heavy atom. The number of pyridine rings is 1. The number of ether oxygens (including phenoxy) is 1. The van der Waals surface area contributed by atoms with E-state index in [-0.39, 0.29) is 18.6 Å². The SMILES string of the molecule is C#C.C/C=C\CC(C(=O)OCc1cccc(C(F)(F)F)c1)C(O)c1cccnc1.C=CCCl. The summed E-state index contributed by atoms with van der Waals surface area (Å²) in [5, 5.41) is 10.5. The maximum absolute atomic E-state index is 12.8. The summed E-state index contributed by atoms with van der Waals surface area (Å²) in [5.74, 6) is -1.03. The summed E-state index contributed by atoms with van der Waals surface area (Å²) in [6.45, 7) is 4.82. The van der Waals surface area contributed by atoms with Gasteiger partial charge >= 0.3 is 12.1 Å². The van der Waals surface area contributed by atoms with Gasteiger partial charge in [-0.05, 0) is 42.7 Å². The molecule has 0 aliphatic rings. The minimum absolute atomic E-state index is 0.221.